The van der Waals surface area contributed by atoms with Crippen molar-refractivity contribution < 1.29 is 18.3 Å². The third kappa shape index (κ3) is 2.67. The maximum Gasteiger partial charge on any atom is 0.243 e. The summed E-state index contributed by atoms with van der Waals surface area (Å²) in [7, 11) is -1.91. The van der Waals surface area contributed by atoms with Crippen molar-refractivity contribution in [2.24, 2.45) is 0 Å². The highest BCUT2D eigenvalue weighted by atomic mass is 32.2. The lowest BCUT2D eigenvalue weighted by Crippen LogP contribution is -2.30. The maximum absolute atomic E-state index is 12.6. The molecule has 1 atom stereocenters. The number of benzene rings is 1. The van der Waals surface area contributed by atoms with Crippen molar-refractivity contribution in [1.29, 1.82) is 0 Å². The smallest absolute Gasteiger partial charge is 0.243 e. The fourth-order valence-electron chi connectivity index (χ4n) is 2.36. The van der Waals surface area contributed by atoms with Gasteiger partial charge in [0.25, 0.3) is 0 Å². The van der Waals surface area contributed by atoms with Gasteiger partial charge < -0.3 is 9.84 Å². The molecule has 5 nitrogen and oxygen atoms in total. The molecule has 0 amide bonds. The summed E-state index contributed by atoms with van der Waals surface area (Å²) in [5, 5.41) is 9.23. The second-order valence-electron chi connectivity index (χ2n) is 4.71. The summed E-state index contributed by atoms with van der Waals surface area (Å²) in [4.78, 5) is 0.274. The summed E-state index contributed by atoms with van der Waals surface area (Å²) < 4.78 is 31.8. The van der Waals surface area contributed by atoms with Crippen molar-refractivity contribution in [3.63, 3.8) is 0 Å². The molecular formula is C13H19NO4S. The minimum Gasteiger partial charge on any atom is -0.392 e. The van der Waals surface area contributed by atoms with Crippen molar-refractivity contribution in [2.75, 3.05) is 20.2 Å². The first-order chi connectivity index (χ1) is 9.00. The third-order valence-corrected chi connectivity index (χ3v) is 5.64. The molecular weight excluding hydrogens is 266 g/mol. The van der Waals surface area contributed by atoms with Gasteiger partial charge in [-0.2, -0.15) is 4.31 Å². The van der Waals surface area contributed by atoms with Crippen LogP contribution in [0.3, 0.4) is 0 Å². The Balaban J connectivity index is 2.35. The van der Waals surface area contributed by atoms with E-state index in [9.17, 15) is 13.5 Å². The van der Waals surface area contributed by atoms with Crippen LogP contribution in [-0.2, 0) is 21.4 Å². The van der Waals surface area contributed by atoms with E-state index in [0.717, 1.165) is 0 Å². The Morgan fingerprint density at radius 2 is 2.21 bits per heavy atom. The minimum absolute atomic E-state index is 0.0314. The lowest BCUT2D eigenvalue weighted by molar-refractivity contribution is 0.115. The van der Waals surface area contributed by atoms with E-state index in [-0.39, 0.29) is 17.6 Å². The Bertz CT molecular complexity index is 556. The van der Waals surface area contributed by atoms with Crippen molar-refractivity contribution in [3.8, 4) is 0 Å². The highest BCUT2D eigenvalue weighted by Crippen LogP contribution is 2.26. The van der Waals surface area contributed by atoms with Crippen molar-refractivity contribution in [1.82, 2.24) is 4.31 Å². The molecule has 6 heteroatoms. The molecule has 1 aromatic rings. The van der Waals surface area contributed by atoms with Crippen LogP contribution in [0.4, 0.5) is 0 Å². The first-order valence-corrected chi connectivity index (χ1v) is 7.67. The SMILES string of the molecule is COC1CCN(S(=O)(=O)c2cccc(CO)c2C)C1. The number of hydrogen-bond donors (Lipinski definition) is 1. The highest BCUT2D eigenvalue weighted by molar-refractivity contribution is 7.89. The summed E-state index contributed by atoms with van der Waals surface area (Å²) in [6, 6.07) is 4.98. The molecule has 1 aromatic carbocycles. The van der Waals surface area contributed by atoms with E-state index in [4.69, 9.17) is 4.74 Å². The van der Waals surface area contributed by atoms with E-state index in [1.165, 1.54) is 4.31 Å². The second-order valence-corrected chi connectivity index (χ2v) is 6.61. The van der Waals surface area contributed by atoms with E-state index in [1.54, 1.807) is 32.2 Å². The molecule has 19 heavy (non-hydrogen) atoms. The molecule has 0 radical (unpaired) electrons. The molecule has 2 rings (SSSR count). The molecule has 1 fully saturated rings. The van der Waals surface area contributed by atoms with Gasteiger partial charge in [0, 0.05) is 20.2 Å². The molecule has 0 aromatic heterocycles. The summed E-state index contributed by atoms with van der Waals surface area (Å²) >= 11 is 0. The molecule has 1 aliphatic rings. The topological polar surface area (TPSA) is 66.8 Å². The van der Waals surface area contributed by atoms with Gasteiger partial charge in [-0.3, -0.25) is 0 Å². The number of sulfonamides is 1. The monoisotopic (exact) mass is 285 g/mol. The van der Waals surface area contributed by atoms with Crippen LogP contribution in [0.2, 0.25) is 0 Å². The molecule has 1 unspecified atom stereocenters. The fraction of sp³-hybridized carbons (Fsp3) is 0.538. The Kier molecular flexibility index (Phi) is 4.25. The van der Waals surface area contributed by atoms with Gasteiger partial charge in [-0.15, -0.1) is 0 Å². The van der Waals surface area contributed by atoms with Crippen molar-refractivity contribution in [2.45, 2.75) is 31.0 Å². The van der Waals surface area contributed by atoms with Crippen LogP contribution in [-0.4, -0.2) is 44.1 Å². The summed E-state index contributed by atoms with van der Waals surface area (Å²) in [5.74, 6) is 0. The van der Waals surface area contributed by atoms with Crippen LogP contribution in [0.1, 0.15) is 17.5 Å². The van der Waals surface area contributed by atoms with E-state index in [1.807, 2.05) is 0 Å². The molecule has 1 N–H and O–H groups in total. The summed E-state index contributed by atoms with van der Waals surface area (Å²) in [5.41, 5.74) is 1.26. The lowest BCUT2D eigenvalue weighted by atomic mass is 10.1. The fourth-order valence-corrected chi connectivity index (χ4v) is 4.11. The number of hydrogen-bond acceptors (Lipinski definition) is 4. The highest BCUT2D eigenvalue weighted by Gasteiger charge is 2.33. The number of methoxy groups -OCH3 is 1. The molecule has 0 spiro atoms. The van der Waals surface area contributed by atoms with Crippen LogP contribution >= 0.6 is 0 Å². The third-order valence-electron chi connectivity index (χ3n) is 3.63. The van der Waals surface area contributed by atoms with E-state index in [0.29, 0.717) is 30.6 Å². The van der Waals surface area contributed by atoms with Crippen LogP contribution < -0.4 is 0 Å². The average molecular weight is 285 g/mol. The average Bonchev–Trinajstić information content (AvgIpc) is 2.88. The second kappa shape index (κ2) is 5.58. The molecule has 106 valence electrons. The van der Waals surface area contributed by atoms with Crippen LogP contribution in [0, 0.1) is 6.92 Å². The first-order valence-electron chi connectivity index (χ1n) is 6.23. The Hall–Kier alpha value is -0.950. The van der Waals surface area contributed by atoms with Crippen LogP contribution in [0.25, 0.3) is 0 Å². The largest absolute Gasteiger partial charge is 0.392 e. The van der Waals surface area contributed by atoms with Crippen LogP contribution in [0.5, 0.6) is 0 Å². The molecule has 1 aliphatic heterocycles. The van der Waals surface area contributed by atoms with E-state index < -0.39 is 10.0 Å². The van der Waals surface area contributed by atoms with Gasteiger partial charge in [0.05, 0.1) is 17.6 Å². The van der Waals surface area contributed by atoms with E-state index in [2.05, 4.69) is 0 Å². The molecule has 1 heterocycles. The number of ether oxygens (including phenoxy) is 1. The minimum atomic E-state index is -3.50. The van der Waals surface area contributed by atoms with Crippen LogP contribution in [0.15, 0.2) is 23.1 Å². The Morgan fingerprint density at radius 3 is 2.79 bits per heavy atom. The summed E-state index contributed by atoms with van der Waals surface area (Å²) in [6.45, 7) is 2.43. The number of aliphatic hydroxyl groups excluding tert-OH is 1. The Morgan fingerprint density at radius 1 is 1.47 bits per heavy atom. The lowest BCUT2D eigenvalue weighted by Gasteiger charge is -2.18. The van der Waals surface area contributed by atoms with Gasteiger partial charge in [-0.05, 0) is 30.5 Å². The van der Waals surface area contributed by atoms with Crippen molar-refractivity contribution in [3.05, 3.63) is 29.3 Å². The quantitative estimate of drug-likeness (QED) is 0.892. The van der Waals surface area contributed by atoms with Gasteiger partial charge in [0.1, 0.15) is 0 Å². The molecule has 1 saturated heterocycles. The molecule has 0 bridgehead atoms. The van der Waals surface area contributed by atoms with Gasteiger partial charge in [0.15, 0.2) is 0 Å². The normalized spacial score (nSPS) is 20.9. The van der Waals surface area contributed by atoms with E-state index >= 15 is 0 Å². The Labute approximate surface area is 113 Å². The number of rotatable bonds is 4. The van der Waals surface area contributed by atoms with Gasteiger partial charge in [-0.25, -0.2) is 8.42 Å². The predicted octanol–water partition coefficient (Wildman–Crippen LogP) is 0.897. The number of aliphatic hydroxyl groups is 1. The maximum atomic E-state index is 12.6. The van der Waals surface area contributed by atoms with Gasteiger partial charge >= 0.3 is 0 Å². The standard InChI is InChI=1S/C13H19NO4S/c1-10-11(9-15)4-3-5-13(10)19(16,17)14-7-6-12(8-14)18-2/h3-5,12,15H,6-9H2,1-2H3. The van der Waals surface area contributed by atoms with Gasteiger partial charge in [0.2, 0.25) is 10.0 Å². The molecule has 0 aliphatic carbocycles. The summed E-state index contributed by atoms with van der Waals surface area (Å²) in [6.07, 6.45) is 0.685. The van der Waals surface area contributed by atoms with Crippen molar-refractivity contribution >= 4 is 10.0 Å². The molecule has 0 saturated carbocycles. The first kappa shape index (κ1) is 14.5. The zero-order valence-corrected chi connectivity index (χ0v) is 12.0. The predicted molar refractivity (Wildman–Crippen MR) is 71.3 cm³/mol. The van der Waals surface area contributed by atoms with Gasteiger partial charge in [-0.1, -0.05) is 12.1 Å². The number of nitrogens with zero attached hydrogens (tertiary/aromatic N) is 1. The zero-order valence-electron chi connectivity index (χ0n) is 11.2. The zero-order chi connectivity index (χ0) is 14.0.